The third kappa shape index (κ3) is 2.69. The summed E-state index contributed by atoms with van der Waals surface area (Å²) in [6.07, 6.45) is -2.49. The minimum atomic E-state index is -1.36. The van der Waals surface area contributed by atoms with E-state index < -0.39 is 24.3 Å². The Morgan fingerprint density at radius 2 is 2.00 bits per heavy atom. The van der Waals surface area contributed by atoms with Crippen molar-refractivity contribution in [3.63, 3.8) is 0 Å². The number of hydrogen-bond donors (Lipinski definition) is 1. The molecule has 0 bridgehead atoms. The van der Waals surface area contributed by atoms with Crippen LogP contribution in [0.2, 0.25) is 0 Å². The van der Waals surface area contributed by atoms with Crippen molar-refractivity contribution in [2.75, 3.05) is 7.11 Å². The van der Waals surface area contributed by atoms with Crippen molar-refractivity contribution in [1.29, 1.82) is 0 Å². The van der Waals surface area contributed by atoms with Gasteiger partial charge >= 0.3 is 0 Å². The molecule has 1 aromatic carbocycles. The lowest BCUT2D eigenvalue weighted by Crippen LogP contribution is -2.29. The Labute approximate surface area is 105 Å². The molecule has 1 N–H and O–H groups in total. The second kappa shape index (κ2) is 5.48. The van der Waals surface area contributed by atoms with Crippen molar-refractivity contribution in [2.24, 2.45) is 0 Å². The molecule has 3 atom stereocenters. The molecule has 2 rings (SSSR count). The number of ketones is 1. The first-order valence-corrected chi connectivity index (χ1v) is 5.73. The number of carbonyl (C=O) groups excluding carboxylic acids is 1. The van der Waals surface area contributed by atoms with Gasteiger partial charge in [0.15, 0.2) is 0 Å². The number of benzene rings is 1. The fourth-order valence-corrected chi connectivity index (χ4v) is 1.84. The van der Waals surface area contributed by atoms with Gasteiger partial charge in [0.2, 0.25) is 12.1 Å². The van der Waals surface area contributed by atoms with E-state index in [1.54, 1.807) is 14.0 Å². The normalized spacial score (nSPS) is 27.5. The molecule has 5 heteroatoms. The van der Waals surface area contributed by atoms with E-state index in [0.29, 0.717) is 6.61 Å². The Bertz CT molecular complexity index is 414. The smallest absolute Gasteiger partial charge is 0.219 e. The van der Waals surface area contributed by atoms with E-state index in [0.717, 1.165) is 11.3 Å². The highest BCUT2D eigenvalue weighted by molar-refractivity contribution is 5.88. The van der Waals surface area contributed by atoms with Gasteiger partial charge in [0.1, 0.15) is 11.9 Å². The average molecular weight is 252 g/mol. The van der Waals surface area contributed by atoms with E-state index >= 15 is 0 Å². The van der Waals surface area contributed by atoms with Crippen LogP contribution in [0.5, 0.6) is 5.75 Å². The van der Waals surface area contributed by atoms with Crippen molar-refractivity contribution in [1.82, 2.24) is 0 Å². The van der Waals surface area contributed by atoms with Crippen LogP contribution < -0.4 is 4.74 Å². The Balaban J connectivity index is 1.92. The van der Waals surface area contributed by atoms with Gasteiger partial charge in [-0.25, -0.2) is 0 Å². The zero-order chi connectivity index (χ0) is 13.1. The maximum atomic E-state index is 11.5. The van der Waals surface area contributed by atoms with Crippen molar-refractivity contribution in [3.05, 3.63) is 29.8 Å². The maximum absolute atomic E-state index is 11.5. The average Bonchev–Trinajstić information content (AvgIpc) is 2.62. The topological polar surface area (TPSA) is 65.0 Å². The predicted octanol–water partition coefficient (Wildman–Crippen LogP) is 0.887. The molecule has 0 spiro atoms. The SMILES string of the molecule is COc1ccc(CO[C@H]2C(=O)[C@H](O)O[C@H]2C)cc1. The molecule has 1 heterocycles. The van der Waals surface area contributed by atoms with Gasteiger partial charge in [0.05, 0.1) is 19.8 Å². The van der Waals surface area contributed by atoms with E-state index in [4.69, 9.17) is 14.2 Å². The predicted molar refractivity (Wildman–Crippen MR) is 63.1 cm³/mol. The first-order chi connectivity index (χ1) is 8.61. The molecule has 1 aromatic rings. The van der Waals surface area contributed by atoms with Crippen LogP contribution in [-0.4, -0.2) is 36.5 Å². The summed E-state index contributed by atoms with van der Waals surface area (Å²) in [5, 5.41) is 9.24. The first-order valence-electron chi connectivity index (χ1n) is 5.73. The number of ether oxygens (including phenoxy) is 3. The van der Waals surface area contributed by atoms with Crippen molar-refractivity contribution in [2.45, 2.75) is 32.0 Å². The van der Waals surface area contributed by atoms with E-state index in [1.807, 2.05) is 24.3 Å². The molecule has 0 aromatic heterocycles. The van der Waals surface area contributed by atoms with E-state index in [9.17, 15) is 9.90 Å². The lowest BCUT2D eigenvalue weighted by atomic mass is 10.2. The molecule has 0 amide bonds. The number of Topliss-reactive ketones (excluding diaryl/α,β-unsaturated/α-hetero) is 1. The number of carbonyl (C=O) groups is 1. The van der Waals surface area contributed by atoms with Crippen LogP contribution in [0, 0.1) is 0 Å². The molecule has 0 unspecified atom stereocenters. The summed E-state index contributed by atoms with van der Waals surface area (Å²) in [6.45, 7) is 1.99. The fraction of sp³-hybridized carbons (Fsp3) is 0.462. The molecule has 1 saturated heterocycles. The highest BCUT2D eigenvalue weighted by atomic mass is 16.6. The fourth-order valence-electron chi connectivity index (χ4n) is 1.84. The molecule has 1 aliphatic rings. The summed E-state index contributed by atoms with van der Waals surface area (Å²) in [6, 6.07) is 7.37. The Morgan fingerprint density at radius 1 is 1.33 bits per heavy atom. The van der Waals surface area contributed by atoms with Crippen LogP contribution in [0.1, 0.15) is 12.5 Å². The number of aliphatic hydroxyl groups is 1. The third-order valence-corrected chi connectivity index (χ3v) is 2.88. The van der Waals surface area contributed by atoms with Crippen LogP contribution >= 0.6 is 0 Å². The molecule has 98 valence electrons. The minimum absolute atomic E-state index is 0.292. The van der Waals surface area contributed by atoms with Gasteiger partial charge in [-0.15, -0.1) is 0 Å². The Hall–Kier alpha value is -1.43. The first kappa shape index (κ1) is 13.0. The van der Waals surface area contributed by atoms with Crippen LogP contribution in [0.15, 0.2) is 24.3 Å². The van der Waals surface area contributed by atoms with E-state index in [-0.39, 0.29) is 0 Å². The highest BCUT2D eigenvalue weighted by Gasteiger charge is 2.40. The minimum Gasteiger partial charge on any atom is -0.497 e. The summed E-state index contributed by atoms with van der Waals surface area (Å²) >= 11 is 0. The number of hydrogen-bond acceptors (Lipinski definition) is 5. The van der Waals surface area contributed by atoms with Crippen LogP contribution in [0.3, 0.4) is 0 Å². The van der Waals surface area contributed by atoms with Crippen LogP contribution in [0.25, 0.3) is 0 Å². The highest BCUT2D eigenvalue weighted by Crippen LogP contribution is 2.20. The zero-order valence-corrected chi connectivity index (χ0v) is 10.3. The lowest BCUT2D eigenvalue weighted by molar-refractivity contribution is -0.143. The third-order valence-electron chi connectivity index (χ3n) is 2.88. The standard InChI is InChI=1S/C13H16O5/c1-8-12(11(14)13(15)18-8)17-7-9-3-5-10(16-2)6-4-9/h3-6,8,12-13,15H,7H2,1-2H3/t8-,12+,13+/m0/s1. The van der Waals surface area contributed by atoms with Gasteiger partial charge in [-0.1, -0.05) is 12.1 Å². The van der Waals surface area contributed by atoms with Crippen molar-refractivity contribution in [3.8, 4) is 5.75 Å². The molecule has 0 radical (unpaired) electrons. The summed E-state index contributed by atoms with van der Waals surface area (Å²) < 4.78 is 15.5. The van der Waals surface area contributed by atoms with Crippen LogP contribution in [0.4, 0.5) is 0 Å². The van der Waals surface area contributed by atoms with Gasteiger partial charge < -0.3 is 19.3 Å². The Morgan fingerprint density at radius 3 is 2.50 bits per heavy atom. The molecule has 0 aliphatic carbocycles. The molecular formula is C13H16O5. The quantitative estimate of drug-likeness (QED) is 0.862. The summed E-state index contributed by atoms with van der Waals surface area (Å²) in [5.74, 6) is 0.346. The summed E-state index contributed by atoms with van der Waals surface area (Å²) in [7, 11) is 1.60. The molecule has 1 aliphatic heterocycles. The van der Waals surface area contributed by atoms with Crippen molar-refractivity contribution >= 4 is 5.78 Å². The van der Waals surface area contributed by atoms with Gasteiger partial charge in [0, 0.05) is 0 Å². The maximum Gasteiger partial charge on any atom is 0.219 e. The van der Waals surface area contributed by atoms with Gasteiger partial charge in [-0.3, -0.25) is 4.79 Å². The zero-order valence-electron chi connectivity index (χ0n) is 10.3. The summed E-state index contributed by atoms with van der Waals surface area (Å²) in [5.41, 5.74) is 0.928. The Kier molecular flexibility index (Phi) is 3.96. The number of methoxy groups -OCH3 is 1. The number of aliphatic hydroxyl groups excluding tert-OH is 1. The lowest BCUT2D eigenvalue weighted by Gasteiger charge is -2.13. The van der Waals surface area contributed by atoms with Gasteiger partial charge in [-0.2, -0.15) is 0 Å². The number of rotatable bonds is 4. The van der Waals surface area contributed by atoms with Gasteiger partial charge in [0.25, 0.3) is 0 Å². The monoisotopic (exact) mass is 252 g/mol. The second-order valence-electron chi connectivity index (χ2n) is 4.18. The molecule has 18 heavy (non-hydrogen) atoms. The molecule has 0 saturated carbocycles. The molecule has 1 fully saturated rings. The van der Waals surface area contributed by atoms with Gasteiger partial charge in [-0.05, 0) is 24.6 Å². The second-order valence-corrected chi connectivity index (χ2v) is 4.18. The van der Waals surface area contributed by atoms with E-state index in [1.165, 1.54) is 0 Å². The van der Waals surface area contributed by atoms with Crippen molar-refractivity contribution < 1.29 is 24.1 Å². The largest absolute Gasteiger partial charge is 0.497 e. The molecule has 5 nitrogen and oxygen atoms in total. The summed E-state index contributed by atoms with van der Waals surface area (Å²) in [4.78, 5) is 11.5. The molecular weight excluding hydrogens is 236 g/mol. The van der Waals surface area contributed by atoms with E-state index in [2.05, 4.69) is 0 Å². The van der Waals surface area contributed by atoms with Crippen LogP contribution in [-0.2, 0) is 20.9 Å².